The van der Waals surface area contributed by atoms with Gasteiger partial charge < -0.3 is 19.4 Å². The minimum absolute atomic E-state index is 0.127. The number of nitrogens with one attached hydrogen (secondary N) is 1. The van der Waals surface area contributed by atoms with Crippen LogP contribution in [0.4, 0.5) is 24.8 Å². The van der Waals surface area contributed by atoms with Crippen LogP contribution in [0.25, 0.3) is 11.0 Å². The maximum atomic E-state index is 12.4. The molecule has 0 atom stereocenters. The van der Waals surface area contributed by atoms with E-state index in [9.17, 15) is 18.0 Å². The summed E-state index contributed by atoms with van der Waals surface area (Å²) in [6.07, 6.45) is -1.73. The Balaban J connectivity index is 1.26. The molecule has 37 heavy (non-hydrogen) atoms. The van der Waals surface area contributed by atoms with E-state index in [4.69, 9.17) is 4.74 Å². The van der Waals surface area contributed by atoms with Crippen molar-refractivity contribution in [2.75, 3.05) is 25.0 Å². The summed E-state index contributed by atoms with van der Waals surface area (Å²) in [4.78, 5) is 23.3. The number of fused-ring (bicyclic) bond motifs is 1. The second-order valence-corrected chi connectivity index (χ2v) is 8.77. The van der Waals surface area contributed by atoms with E-state index in [0.717, 1.165) is 25.0 Å². The highest BCUT2D eigenvalue weighted by Crippen LogP contribution is 2.29. The monoisotopic (exact) mass is 511 g/mol. The van der Waals surface area contributed by atoms with E-state index in [1.165, 1.54) is 24.3 Å². The fraction of sp³-hybridized carbons (Fsp3) is 0.269. The van der Waals surface area contributed by atoms with Crippen molar-refractivity contribution in [3.8, 4) is 17.2 Å². The molecule has 0 spiro atoms. The van der Waals surface area contributed by atoms with Gasteiger partial charge in [0.1, 0.15) is 17.2 Å². The number of imidazole rings is 1. The predicted molar refractivity (Wildman–Crippen MR) is 131 cm³/mol. The van der Waals surface area contributed by atoms with Gasteiger partial charge in [0.05, 0.1) is 29.7 Å². The van der Waals surface area contributed by atoms with E-state index in [1.807, 2.05) is 23.7 Å². The molecular weight excluding hydrogens is 487 g/mol. The fourth-order valence-electron chi connectivity index (χ4n) is 4.02. The lowest BCUT2D eigenvalue weighted by molar-refractivity contribution is -0.274. The lowest BCUT2D eigenvalue weighted by Gasteiger charge is -2.29. The van der Waals surface area contributed by atoms with Gasteiger partial charge in [0.15, 0.2) is 5.78 Å². The van der Waals surface area contributed by atoms with Crippen molar-refractivity contribution in [1.29, 1.82) is 0 Å². The van der Waals surface area contributed by atoms with Gasteiger partial charge in [-0.05, 0) is 62.0 Å². The van der Waals surface area contributed by atoms with E-state index in [2.05, 4.69) is 24.9 Å². The maximum absolute atomic E-state index is 12.4. The standard InChI is InChI=1S/C26H24F3N5O3/c1-33-24-8-7-21(36-22-9-10-30-18(14-22)13-19(35)16-34-11-2-12-34)15-23(24)32-25(33)31-17-3-5-20(6-4-17)37-26(27,28)29/h3-10,14-15H,2,11-13,16H2,1H3,(H,31,32). The summed E-state index contributed by atoms with van der Waals surface area (Å²) >= 11 is 0. The van der Waals surface area contributed by atoms with Crippen LogP contribution in [-0.4, -0.2) is 51.2 Å². The molecule has 5 rings (SSSR count). The van der Waals surface area contributed by atoms with Gasteiger partial charge in [0.2, 0.25) is 5.95 Å². The van der Waals surface area contributed by atoms with Crippen molar-refractivity contribution < 1.29 is 27.4 Å². The Kier molecular flexibility index (Phi) is 6.70. The van der Waals surface area contributed by atoms with E-state index in [0.29, 0.717) is 40.9 Å². The molecule has 0 bridgehead atoms. The quantitative estimate of drug-likeness (QED) is 0.330. The van der Waals surface area contributed by atoms with Crippen molar-refractivity contribution in [3.63, 3.8) is 0 Å². The summed E-state index contributed by atoms with van der Waals surface area (Å²) in [5, 5.41) is 3.10. The molecule has 1 aliphatic heterocycles. The van der Waals surface area contributed by atoms with Gasteiger partial charge in [0.25, 0.3) is 0 Å². The van der Waals surface area contributed by atoms with E-state index < -0.39 is 6.36 Å². The molecule has 1 fully saturated rings. The molecule has 4 aromatic rings. The molecule has 0 aliphatic carbocycles. The highest BCUT2D eigenvalue weighted by Gasteiger charge is 2.31. The van der Waals surface area contributed by atoms with Crippen LogP contribution >= 0.6 is 0 Å². The van der Waals surface area contributed by atoms with E-state index in [-0.39, 0.29) is 18.0 Å². The molecule has 3 heterocycles. The summed E-state index contributed by atoms with van der Waals surface area (Å²) in [7, 11) is 1.83. The normalized spacial score (nSPS) is 13.8. The number of ketones is 1. The third-order valence-corrected chi connectivity index (χ3v) is 5.95. The minimum atomic E-state index is -4.74. The van der Waals surface area contributed by atoms with Gasteiger partial charge in [0, 0.05) is 31.1 Å². The fourth-order valence-corrected chi connectivity index (χ4v) is 4.02. The number of halogens is 3. The number of hydrogen-bond acceptors (Lipinski definition) is 7. The third-order valence-electron chi connectivity index (χ3n) is 5.95. The largest absolute Gasteiger partial charge is 0.573 e. The molecule has 8 nitrogen and oxygen atoms in total. The van der Waals surface area contributed by atoms with Gasteiger partial charge in [-0.3, -0.25) is 14.7 Å². The number of anilines is 2. The molecule has 2 aromatic heterocycles. The summed E-state index contributed by atoms with van der Waals surface area (Å²) in [5.41, 5.74) is 2.70. The molecule has 1 saturated heterocycles. The number of nitrogens with zero attached hydrogens (tertiary/aromatic N) is 4. The Hall–Kier alpha value is -4.12. The number of ether oxygens (including phenoxy) is 2. The first kappa shape index (κ1) is 24.6. The van der Waals surface area contributed by atoms with Crippen LogP contribution in [0.15, 0.2) is 60.8 Å². The van der Waals surface area contributed by atoms with Crippen LogP contribution in [0.5, 0.6) is 17.2 Å². The Morgan fingerprint density at radius 3 is 2.46 bits per heavy atom. The smallest absolute Gasteiger partial charge is 0.457 e. The first-order valence-corrected chi connectivity index (χ1v) is 11.7. The highest BCUT2D eigenvalue weighted by atomic mass is 19.4. The molecule has 192 valence electrons. The number of pyridine rings is 1. The van der Waals surface area contributed by atoms with E-state index >= 15 is 0 Å². The predicted octanol–water partition coefficient (Wildman–Crippen LogP) is 5.22. The van der Waals surface area contributed by atoms with Crippen LogP contribution in [0.3, 0.4) is 0 Å². The van der Waals surface area contributed by atoms with Crippen molar-refractivity contribution >= 4 is 28.5 Å². The summed E-state index contributed by atoms with van der Waals surface area (Å²) in [6.45, 7) is 2.39. The number of likely N-dealkylation sites (tertiary alicyclic amines) is 1. The summed E-state index contributed by atoms with van der Waals surface area (Å²) in [5.74, 6) is 1.46. The van der Waals surface area contributed by atoms with Gasteiger partial charge >= 0.3 is 6.36 Å². The second-order valence-electron chi connectivity index (χ2n) is 8.77. The first-order valence-electron chi connectivity index (χ1n) is 11.7. The lowest BCUT2D eigenvalue weighted by Crippen LogP contribution is -2.41. The number of hydrogen-bond donors (Lipinski definition) is 1. The topological polar surface area (TPSA) is 81.5 Å². The van der Waals surface area contributed by atoms with Crippen LogP contribution < -0.4 is 14.8 Å². The van der Waals surface area contributed by atoms with Crippen molar-refractivity contribution in [3.05, 3.63) is 66.5 Å². The molecule has 0 amide bonds. The molecule has 0 saturated carbocycles. The van der Waals surface area contributed by atoms with Gasteiger partial charge in [-0.25, -0.2) is 4.98 Å². The Morgan fingerprint density at radius 2 is 1.76 bits per heavy atom. The van der Waals surface area contributed by atoms with Crippen LogP contribution in [0.1, 0.15) is 12.1 Å². The maximum Gasteiger partial charge on any atom is 0.573 e. The SMILES string of the molecule is Cn1c(Nc2ccc(OC(F)(F)F)cc2)nc2cc(Oc3ccnc(CC(=O)CN4CCC4)c3)ccc21. The zero-order chi connectivity index (χ0) is 26.0. The number of benzene rings is 2. The molecule has 0 unspecified atom stereocenters. The Morgan fingerprint density at radius 1 is 1.03 bits per heavy atom. The van der Waals surface area contributed by atoms with Gasteiger partial charge in [-0.2, -0.15) is 0 Å². The van der Waals surface area contributed by atoms with Crippen LogP contribution in [-0.2, 0) is 18.3 Å². The summed E-state index contributed by atoms with van der Waals surface area (Å²) in [6, 6.07) is 14.4. The number of aryl methyl sites for hydroxylation is 1. The Bertz CT molecular complexity index is 1420. The number of alkyl halides is 3. The first-order chi connectivity index (χ1) is 17.7. The van der Waals surface area contributed by atoms with Crippen LogP contribution in [0, 0.1) is 0 Å². The van der Waals surface area contributed by atoms with E-state index in [1.54, 1.807) is 24.4 Å². The third kappa shape index (κ3) is 6.18. The number of rotatable bonds is 9. The molecule has 1 N–H and O–H groups in total. The van der Waals surface area contributed by atoms with Crippen LogP contribution in [0.2, 0.25) is 0 Å². The molecule has 11 heteroatoms. The lowest BCUT2D eigenvalue weighted by atomic mass is 10.1. The highest BCUT2D eigenvalue weighted by molar-refractivity contribution is 5.83. The molecule has 0 radical (unpaired) electrons. The average Bonchev–Trinajstić information content (AvgIpc) is 3.11. The van der Waals surface area contributed by atoms with Gasteiger partial charge in [-0.15, -0.1) is 13.2 Å². The molecular formula is C26H24F3N5O3. The zero-order valence-electron chi connectivity index (χ0n) is 20.0. The molecule has 2 aromatic carbocycles. The summed E-state index contributed by atoms with van der Waals surface area (Å²) < 4.78 is 48.9. The number of carbonyl (C=O) groups is 1. The van der Waals surface area contributed by atoms with Crippen molar-refractivity contribution in [2.24, 2.45) is 7.05 Å². The molecule has 1 aliphatic rings. The van der Waals surface area contributed by atoms with Crippen molar-refractivity contribution in [1.82, 2.24) is 19.4 Å². The Labute approximate surface area is 210 Å². The minimum Gasteiger partial charge on any atom is -0.457 e. The zero-order valence-corrected chi connectivity index (χ0v) is 20.0. The van der Waals surface area contributed by atoms with Crippen molar-refractivity contribution in [2.45, 2.75) is 19.2 Å². The number of Topliss-reactive ketones (excluding diaryl/α,β-unsaturated/α-hetero) is 1. The average molecular weight is 512 g/mol. The number of aromatic nitrogens is 3. The second kappa shape index (κ2) is 10.1. The van der Waals surface area contributed by atoms with Gasteiger partial charge in [-0.1, -0.05) is 0 Å². The number of carbonyl (C=O) groups excluding carboxylic acids is 1.